The standard InChI is InChI=1S/C17H23N5O2/c23-17(16-6-7-18-22(16)10-13-3-1-4-13)20-14-9-19-21(11-14)12-15-5-2-8-24-15/h6-7,9,11,13,15H,1-5,8,10,12H2,(H,20,23). The van der Waals surface area contributed by atoms with Crippen LogP contribution >= 0.6 is 0 Å². The molecule has 0 aromatic carbocycles. The Bertz CT molecular complexity index is 697. The van der Waals surface area contributed by atoms with E-state index in [0.29, 0.717) is 17.3 Å². The Hall–Kier alpha value is -2.15. The predicted molar refractivity (Wildman–Crippen MR) is 88.7 cm³/mol. The maximum atomic E-state index is 12.5. The highest BCUT2D eigenvalue weighted by Crippen LogP contribution is 2.28. The van der Waals surface area contributed by atoms with E-state index in [1.54, 1.807) is 18.5 Å². The van der Waals surface area contributed by atoms with Crippen molar-refractivity contribution < 1.29 is 9.53 Å². The van der Waals surface area contributed by atoms with Crippen molar-refractivity contribution in [2.45, 2.75) is 51.3 Å². The zero-order valence-corrected chi connectivity index (χ0v) is 13.7. The van der Waals surface area contributed by atoms with Gasteiger partial charge in [-0.25, -0.2) is 0 Å². The third kappa shape index (κ3) is 3.36. The molecule has 1 N–H and O–H groups in total. The van der Waals surface area contributed by atoms with Gasteiger partial charge in [-0.1, -0.05) is 6.42 Å². The van der Waals surface area contributed by atoms with Gasteiger partial charge in [-0.3, -0.25) is 14.2 Å². The van der Waals surface area contributed by atoms with Gasteiger partial charge < -0.3 is 10.1 Å². The number of carbonyl (C=O) groups is 1. The van der Waals surface area contributed by atoms with E-state index in [4.69, 9.17) is 4.74 Å². The minimum Gasteiger partial charge on any atom is -0.376 e. The fraction of sp³-hybridized carbons (Fsp3) is 0.588. The lowest BCUT2D eigenvalue weighted by Gasteiger charge is -2.25. The second-order valence-corrected chi connectivity index (χ2v) is 6.74. The number of hydrogen-bond donors (Lipinski definition) is 1. The molecule has 2 aromatic heterocycles. The van der Waals surface area contributed by atoms with E-state index in [-0.39, 0.29) is 12.0 Å². The van der Waals surface area contributed by atoms with Gasteiger partial charge in [-0.15, -0.1) is 0 Å². The van der Waals surface area contributed by atoms with E-state index < -0.39 is 0 Å². The van der Waals surface area contributed by atoms with Crippen molar-refractivity contribution in [3.8, 4) is 0 Å². The number of carbonyl (C=O) groups excluding carboxylic acids is 1. The van der Waals surface area contributed by atoms with Crippen LogP contribution in [-0.4, -0.2) is 38.2 Å². The molecule has 2 fully saturated rings. The molecule has 0 bridgehead atoms. The number of nitrogens with one attached hydrogen (secondary N) is 1. The lowest BCUT2D eigenvalue weighted by Crippen LogP contribution is -2.23. The maximum Gasteiger partial charge on any atom is 0.274 e. The van der Waals surface area contributed by atoms with Crippen LogP contribution < -0.4 is 5.32 Å². The zero-order valence-electron chi connectivity index (χ0n) is 13.7. The molecule has 1 saturated carbocycles. The molecule has 0 spiro atoms. The van der Waals surface area contributed by atoms with Crippen LogP contribution in [0.5, 0.6) is 0 Å². The highest BCUT2D eigenvalue weighted by molar-refractivity contribution is 6.02. The number of ether oxygens (including phenoxy) is 1. The van der Waals surface area contributed by atoms with Crippen LogP contribution in [0.2, 0.25) is 0 Å². The monoisotopic (exact) mass is 329 g/mol. The van der Waals surface area contributed by atoms with Crippen LogP contribution in [0.3, 0.4) is 0 Å². The maximum absolute atomic E-state index is 12.5. The number of aromatic nitrogens is 4. The Morgan fingerprint density at radius 1 is 1.25 bits per heavy atom. The molecule has 128 valence electrons. The first-order valence-electron chi connectivity index (χ1n) is 8.75. The molecule has 2 aromatic rings. The summed E-state index contributed by atoms with van der Waals surface area (Å²) in [4.78, 5) is 12.5. The van der Waals surface area contributed by atoms with Crippen LogP contribution in [0, 0.1) is 5.92 Å². The normalized spacial score (nSPS) is 20.9. The lowest BCUT2D eigenvalue weighted by molar-refractivity contribution is 0.0940. The summed E-state index contributed by atoms with van der Waals surface area (Å²) in [5.41, 5.74) is 1.31. The first-order chi connectivity index (χ1) is 11.8. The smallest absolute Gasteiger partial charge is 0.274 e. The second kappa shape index (κ2) is 6.76. The van der Waals surface area contributed by atoms with Crippen LogP contribution in [0.4, 0.5) is 5.69 Å². The average Bonchev–Trinajstić information content (AvgIpc) is 3.25. The van der Waals surface area contributed by atoms with Crippen LogP contribution in [0.15, 0.2) is 24.7 Å². The van der Waals surface area contributed by atoms with Crippen LogP contribution in [0.1, 0.15) is 42.6 Å². The van der Waals surface area contributed by atoms with Crippen molar-refractivity contribution in [2.75, 3.05) is 11.9 Å². The summed E-state index contributed by atoms with van der Waals surface area (Å²) in [6.45, 7) is 2.39. The minimum atomic E-state index is -0.136. The Morgan fingerprint density at radius 3 is 2.92 bits per heavy atom. The zero-order chi connectivity index (χ0) is 16.4. The number of hydrogen-bond acceptors (Lipinski definition) is 4. The van der Waals surface area contributed by atoms with Crippen molar-refractivity contribution in [2.24, 2.45) is 5.92 Å². The van der Waals surface area contributed by atoms with Gasteiger partial charge in [0.1, 0.15) is 5.69 Å². The summed E-state index contributed by atoms with van der Waals surface area (Å²) in [6, 6.07) is 1.77. The summed E-state index contributed by atoms with van der Waals surface area (Å²) in [6.07, 6.45) is 11.4. The van der Waals surface area contributed by atoms with Gasteiger partial charge in [-0.05, 0) is 37.7 Å². The van der Waals surface area contributed by atoms with Gasteiger partial charge in [0.15, 0.2) is 0 Å². The molecule has 0 radical (unpaired) electrons. The van der Waals surface area contributed by atoms with E-state index in [0.717, 1.165) is 32.5 Å². The Labute approximate surface area is 141 Å². The van der Waals surface area contributed by atoms with Gasteiger partial charge in [0.05, 0.1) is 24.5 Å². The third-order valence-electron chi connectivity index (χ3n) is 4.91. The van der Waals surface area contributed by atoms with Gasteiger partial charge in [-0.2, -0.15) is 10.2 Å². The third-order valence-corrected chi connectivity index (χ3v) is 4.91. The highest BCUT2D eigenvalue weighted by Gasteiger charge is 2.21. The molecule has 4 rings (SSSR count). The average molecular weight is 329 g/mol. The van der Waals surface area contributed by atoms with Gasteiger partial charge in [0.2, 0.25) is 0 Å². The molecular formula is C17H23N5O2. The molecular weight excluding hydrogens is 306 g/mol. The van der Waals surface area contributed by atoms with E-state index in [1.807, 2.05) is 15.6 Å². The van der Waals surface area contributed by atoms with Crippen molar-refractivity contribution in [3.63, 3.8) is 0 Å². The van der Waals surface area contributed by atoms with E-state index >= 15 is 0 Å². The topological polar surface area (TPSA) is 74.0 Å². The fourth-order valence-electron chi connectivity index (χ4n) is 3.31. The fourth-order valence-corrected chi connectivity index (χ4v) is 3.31. The van der Waals surface area contributed by atoms with E-state index in [9.17, 15) is 4.79 Å². The molecule has 1 unspecified atom stereocenters. The molecule has 7 heteroatoms. The van der Waals surface area contributed by atoms with Crippen molar-refractivity contribution in [1.82, 2.24) is 19.6 Å². The summed E-state index contributed by atoms with van der Waals surface area (Å²) in [5.74, 6) is 0.522. The summed E-state index contributed by atoms with van der Waals surface area (Å²) >= 11 is 0. The lowest BCUT2D eigenvalue weighted by atomic mass is 9.85. The van der Waals surface area contributed by atoms with Gasteiger partial charge in [0.25, 0.3) is 5.91 Å². The SMILES string of the molecule is O=C(Nc1cnn(CC2CCCO2)c1)c1ccnn1CC1CCC1. The quantitative estimate of drug-likeness (QED) is 0.882. The molecule has 3 heterocycles. The van der Waals surface area contributed by atoms with Gasteiger partial charge in [0, 0.05) is 25.5 Å². The van der Waals surface area contributed by atoms with Crippen molar-refractivity contribution in [1.29, 1.82) is 0 Å². The molecule has 2 aliphatic rings. The molecule has 1 aliphatic heterocycles. The molecule has 1 saturated heterocycles. The number of amides is 1. The van der Waals surface area contributed by atoms with Crippen molar-refractivity contribution in [3.05, 3.63) is 30.4 Å². The summed E-state index contributed by atoms with van der Waals surface area (Å²) in [5, 5.41) is 11.5. The molecule has 1 atom stereocenters. The molecule has 1 amide bonds. The summed E-state index contributed by atoms with van der Waals surface area (Å²) < 4.78 is 9.26. The predicted octanol–water partition coefficient (Wildman–Crippen LogP) is 2.31. The number of rotatable bonds is 6. The molecule has 1 aliphatic carbocycles. The Kier molecular flexibility index (Phi) is 4.34. The minimum absolute atomic E-state index is 0.136. The molecule has 7 nitrogen and oxygen atoms in total. The number of anilines is 1. The first-order valence-corrected chi connectivity index (χ1v) is 8.75. The van der Waals surface area contributed by atoms with E-state index in [2.05, 4.69) is 15.5 Å². The first kappa shape index (κ1) is 15.4. The number of nitrogens with zero attached hydrogens (tertiary/aromatic N) is 4. The van der Waals surface area contributed by atoms with Crippen LogP contribution in [0.25, 0.3) is 0 Å². The highest BCUT2D eigenvalue weighted by atomic mass is 16.5. The molecule has 24 heavy (non-hydrogen) atoms. The Morgan fingerprint density at radius 2 is 2.17 bits per heavy atom. The Balaban J connectivity index is 1.37. The second-order valence-electron chi connectivity index (χ2n) is 6.74. The van der Waals surface area contributed by atoms with E-state index in [1.165, 1.54) is 19.3 Å². The summed E-state index contributed by atoms with van der Waals surface area (Å²) in [7, 11) is 0. The largest absolute Gasteiger partial charge is 0.376 e. The van der Waals surface area contributed by atoms with Crippen molar-refractivity contribution >= 4 is 11.6 Å². The van der Waals surface area contributed by atoms with Gasteiger partial charge >= 0.3 is 0 Å². The van der Waals surface area contributed by atoms with Crippen LogP contribution in [-0.2, 0) is 17.8 Å².